The Hall–Kier alpha value is -1.68. The Morgan fingerprint density at radius 2 is 1.50 bits per heavy atom. The van der Waals surface area contributed by atoms with E-state index in [-0.39, 0.29) is 20.5 Å². The Labute approximate surface area is 157 Å². The van der Waals surface area contributed by atoms with E-state index in [0.717, 1.165) is 12.1 Å². The molecule has 0 radical (unpaired) electrons. The summed E-state index contributed by atoms with van der Waals surface area (Å²) in [7, 11) is -7.65. The maximum atomic E-state index is 13.2. The zero-order valence-corrected chi connectivity index (χ0v) is 16.5. The smallest absolute Gasteiger partial charge is 0.261 e. The molecule has 10 heteroatoms. The number of hydrogen-bond acceptors (Lipinski definition) is 4. The zero-order chi connectivity index (χ0) is 19.5. The number of anilines is 1. The molecule has 6 nitrogen and oxygen atoms in total. The number of nitrogens with one attached hydrogen (secondary N) is 1. The van der Waals surface area contributed by atoms with Crippen molar-refractivity contribution in [1.82, 2.24) is 4.31 Å². The molecule has 0 heterocycles. The van der Waals surface area contributed by atoms with E-state index >= 15 is 0 Å². The third kappa shape index (κ3) is 4.35. The first-order valence-corrected chi connectivity index (χ1v) is 11.0. The number of rotatable bonds is 7. The fourth-order valence-electron chi connectivity index (χ4n) is 2.28. The summed E-state index contributed by atoms with van der Waals surface area (Å²) < 4.78 is 66.4. The van der Waals surface area contributed by atoms with Crippen LogP contribution < -0.4 is 4.72 Å². The third-order valence-electron chi connectivity index (χ3n) is 3.65. The molecule has 2 aromatic carbocycles. The predicted octanol–water partition coefficient (Wildman–Crippen LogP) is 3.31. The molecule has 0 spiro atoms. The van der Waals surface area contributed by atoms with Gasteiger partial charge in [-0.2, -0.15) is 4.31 Å². The van der Waals surface area contributed by atoms with Crippen molar-refractivity contribution in [3.8, 4) is 0 Å². The van der Waals surface area contributed by atoms with Gasteiger partial charge in [0.25, 0.3) is 10.0 Å². The van der Waals surface area contributed by atoms with Gasteiger partial charge in [0.15, 0.2) is 0 Å². The van der Waals surface area contributed by atoms with Crippen LogP contribution in [0, 0.1) is 5.82 Å². The number of hydrogen-bond donors (Lipinski definition) is 1. The Morgan fingerprint density at radius 3 is 2.00 bits per heavy atom. The number of benzene rings is 2. The van der Waals surface area contributed by atoms with Crippen LogP contribution in [0.2, 0.25) is 5.02 Å². The molecule has 2 rings (SSSR count). The summed E-state index contributed by atoms with van der Waals surface area (Å²) in [6, 6.07) is 8.29. The summed E-state index contributed by atoms with van der Waals surface area (Å²) in [4.78, 5) is -0.124. The Kier molecular flexibility index (Phi) is 6.28. The first kappa shape index (κ1) is 20.6. The highest BCUT2D eigenvalue weighted by Crippen LogP contribution is 2.23. The molecule has 0 aromatic heterocycles. The van der Waals surface area contributed by atoms with Crippen LogP contribution in [0.15, 0.2) is 52.3 Å². The summed E-state index contributed by atoms with van der Waals surface area (Å²) in [5.74, 6) is -0.666. The molecule has 2 aromatic rings. The Bertz CT molecular complexity index is 989. The lowest BCUT2D eigenvalue weighted by Gasteiger charge is -2.18. The molecule has 0 aliphatic heterocycles. The van der Waals surface area contributed by atoms with Crippen molar-refractivity contribution >= 4 is 37.3 Å². The minimum Gasteiger partial charge on any atom is -0.280 e. The molecule has 0 fully saturated rings. The van der Waals surface area contributed by atoms with Crippen molar-refractivity contribution in [1.29, 1.82) is 0 Å². The lowest BCUT2D eigenvalue weighted by Crippen LogP contribution is -2.30. The highest BCUT2D eigenvalue weighted by Gasteiger charge is 2.23. The highest BCUT2D eigenvalue weighted by molar-refractivity contribution is 7.92. The molecule has 0 amide bonds. The average molecular weight is 421 g/mol. The van der Waals surface area contributed by atoms with Gasteiger partial charge in [-0.15, -0.1) is 0 Å². The van der Waals surface area contributed by atoms with Crippen LogP contribution in [0.4, 0.5) is 10.1 Å². The molecule has 0 saturated carbocycles. The van der Waals surface area contributed by atoms with Gasteiger partial charge in [-0.1, -0.05) is 25.4 Å². The summed E-state index contributed by atoms with van der Waals surface area (Å²) >= 11 is 5.64. The van der Waals surface area contributed by atoms with E-state index in [0.29, 0.717) is 13.1 Å². The van der Waals surface area contributed by atoms with Crippen molar-refractivity contribution in [2.24, 2.45) is 0 Å². The standard InChI is InChI=1S/C16H18ClFN2O4S2/c1-3-20(4-2)26(23,24)14-8-6-13(7-9-14)25(21,22)19-12-5-10-16(18)15(17)11-12/h5-11,19H,3-4H2,1-2H3. The van der Waals surface area contributed by atoms with Crippen LogP contribution in [0.25, 0.3) is 0 Å². The number of halogens is 2. The molecular weight excluding hydrogens is 403 g/mol. The molecular formula is C16H18ClFN2O4S2. The number of nitrogens with zero attached hydrogens (tertiary/aromatic N) is 1. The summed E-state index contributed by atoms with van der Waals surface area (Å²) in [5, 5.41) is -0.217. The summed E-state index contributed by atoms with van der Waals surface area (Å²) in [6.07, 6.45) is 0. The average Bonchev–Trinajstić information content (AvgIpc) is 2.59. The van der Waals surface area contributed by atoms with Crippen LogP contribution in [0.1, 0.15) is 13.8 Å². The molecule has 0 bridgehead atoms. The zero-order valence-electron chi connectivity index (χ0n) is 14.1. The van der Waals surface area contributed by atoms with Crippen molar-refractivity contribution in [2.45, 2.75) is 23.6 Å². The highest BCUT2D eigenvalue weighted by atomic mass is 35.5. The molecule has 0 saturated heterocycles. The number of sulfonamides is 2. The van der Waals surface area contributed by atoms with Crippen LogP contribution in [0.3, 0.4) is 0 Å². The topological polar surface area (TPSA) is 83.6 Å². The fraction of sp³-hybridized carbons (Fsp3) is 0.250. The lowest BCUT2D eigenvalue weighted by molar-refractivity contribution is 0.445. The fourth-order valence-corrected chi connectivity index (χ4v) is 4.97. The molecule has 142 valence electrons. The van der Waals surface area contributed by atoms with Crippen LogP contribution in [-0.4, -0.2) is 34.2 Å². The molecule has 0 unspecified atom stereocenters. The second-order valence-corrected chi connectivity index (χ2v) is 9.32. The Balaban J connectivity index is 2.30. The van der Waals surface area contributed by atoms with Crippen LogP contribution in [-0.2, 0) is 20.0 Å². The predicted molar refractivity (Wildman–Crippen MR) is 98.8 cm³/mol. The summed E-state index contributed by atoms with van der Waals surface area (Å²) in [6.45, 7) is 4.06. The van der Waals surface area contributed by atoms with Gasteiger partial charge >= 0.3 is 0 Å². The normalized spacial score (nSPS) is 12.3. The van der Waals surface area contributed by atoms with Crippen molar-refractivity contribution in [2.75, 3.05) is 17.8 Å². The Morgan fingerprint density at radius 1 is 0.962 bits per heavy atom. The van der Waals surface area contributed by atoms with E-state index in [1.807, 2.05) is 0 Å². The second kappa shape index (κ2) is 7.91. The van der Waals surface area contributed by atoms with Gasteiger partial charge in [-0.05, 0) is 42.5 Å². The molecule has 26 heavy (non-hydrogen) atoms. The van der Waals surface area contributed by atoms with Gasteiger partial charge in [-0.3, -0.25) is 4.72 Å². The quantitative estimate of drug-likeness (QED) is 0.744. The van der Waals surface area contributed by atoms with Crippen molar-refractivity contribution < 1.29 is 21.2 Å². The van der Waals surface area contributed by atoms with E-state index < -0.39 is 25.9 Å². The largest absolute Gasteiger partial charge is 0.280 e. The third-order valence-corrected chi connectivity index (χ3v) is 7.40. The minimum absolute atomic E-state index is 0.00461. The van der Waals surface area contributed by atoms with Crippen molar-refractivity contribution in [3.63, 3.8) is 0 Å². The van der Waals surface area contributed by atoms with E-state index in [2.05, 4.69) is 4.72 Å². The van der Waals surface area contributed by atoms with Gasteiger partial charge in [0.1, 0.15) is 5.82 Å². The maximum absolute atomic E-state index is 13.2. The van der Waals surface area contributed by atoms with E-state index in [9.17, 15) is 21.2 Å². The maximum Gasteiger partial charge on any atom is 0.261 e. The lowest BCUT2D eigenvalue weighted by atomic mass is 10.3. The van der Waals surface area contributed by atoms with Gasteiger partial charge in [0, 0.05) is 13.1 Å². The van der Waals surface area contributed by atoms with Gasteiger partial charge in [-0.25, -0.2) is 21.2 Å². The van der Waals surface area contributed by atoms with Crippen molar-refractivity contribution in [3.05, 3.63) is 53.3 Å². The van der Waals surface area contributed by atoms with Crippen LogP contribution >= 0.6 is 11.6 Å². The van der Waals surface area contributed by atoms with E-state index in [1.54, 1.807) is 13.8 Å². The molecule has 0 atom stereocenters. The monoisotopic (exact) mass is 420 g/mol. The minimum atomic E-state index is -3.98. The molecule has 1 N–H and O–H groups in total. The second-order valence-electron chi connectivity index (χ2n) is 5.30. The first-order valence-electron chi connectivity index (χ1n) is 7.70. The molecule has 0 aliphatic carbocycles. The first-order chi connectivity index (χ1) is 12.1. The summed E-state index contributed by atoms with van der Waals surface area (Å²) in [5.41, 5.74) is 0.0937. The van der Waals surface area contributed by atoms with E-state index in [4.69, 9.17) is 11.6 Å². The van der Waals surface area contributed by atoms with Crippen LogP contribution in [0.5, 0.6) is 0 Å². The van der Waals surface area contributed by atoms with Gasteiger partial charge in [0.2, 0.25) is 10.0 Å². The van der Waals surface area contributed by atoms with Gasteiger partial charge < -0.3 is 0 Å². The molecule has 0 aliphatic rings. The van der Waals surface area contributed by atoms with E-state index in [1.165, 1.54) is 34.6 Å². The van der Waals surface area contributed by atoms with Gasteiger partial charge in [0.05, 0.1) is 20.5 Å². The SMILES string of the molecule is CCN(CC)S(=O)(=O)c1ccc(S(=O)(=O)Nc2ccc(F)c(Cl)c2)cc1.